The van der Waals surface area contributed by atoms with Crippen LogP contribution in [-0.4, -0.2) is 42.1 Å². The van der Waals surface area contributed by atoms with Gasteiger partial charge >= 0.3 is 0 Å². The van der Waals surface area contributed by atoms with E-state index in [0.717, 1.165) is 56.1 Å². The summed E-state index contributed by atoms with van der Waals surface area (Å²) >= 11 is 0. The predicted octanol–water partition coefficient (Wildman–Crippen LogP) is 1.47. The average Bonchev–Trinajstić information content (AvgIpc) is 2.68. The summed E-state index contributed by atoms with van der Waals surface area (Å²) in [6.45, 7) is 3.86. The van der Waals surface area contributed by atoms with Crippen LogP contribution in [0.3, 0.4) is 0 Å². The van der Waals surface area contributed by atoms with Gasteiger partial charge in [-0.05, 0) is 29.5 Å². The molecule has 1 fully saturated rings. The molecular formula is C18H27Cl3N6O. The number of hydrogen-bond acceptors (Lipinski definition) is 6. The van der Waals surface area contributed by atoms with E-state index in [9.17, 15) is 4.79 Å². The zero-order valence-electron chi connectivity index (χ0n) is 15.5. The molecule has 1 aromatic carbocycles. The van der Waals surface area contributed by atoms with E-state index in [0.29, 0.717) is 6.42 Å². The zero-order chi connectivity index (χ0) is 17.5. The van der Waals surface area contributed by atoms with E-state index in [2.05, 4.69) is 37.7 Å². The lowest BCUT2D eigenvalue weighted by Crippen LogP contribution is -2.44. The fraction of sp³-hybridized carbons (Fsp3) is 0.389. The number of carbonyl (C=O) groups is 1. The van der Waals surface area contributed by atoms with Crippen LogP contribution in [0, 0.1) is 0 Å². The van der Waals surface area contributed by atoms with Crippen molar-refractivity contribution in [1.29, 1.82) is 0 Å². The van der Waals surface area contributed by atoms with Gasteiger partial charge in [0, 0.05) is 38.6 Å². The van der Waals surface area contributed by atoms with E-state index in [4.69, 9.17) is 5.84 Å². The smallest absolute Gasteiger partial charge is 0.238 e. The zero-order valence-corrected chi connectivity index (χ0v) is 17.9. The number of benzene rings is 1. The molecule has 2 aromatic rings. The number of rotatable bonds is 6. The Morgan fingerprint density at radius 2 is 1.50 bits per heavy atom. The van der Waals surface area contributed by atoms with Crippen LogP contribution < -0.4 is 21.5 Å². The molecule has 7 nitrogen and oxygen atoms in total. The van der Waals surface area contributed by atoms with Gasteiger partial charge in [0.25, 0.3) is 0 Å². The normalized spacial score (nSPS) is 12.8. The third-order valence-electron chi connectivity index (χ3n) is 4.34. The van der Waals surface area contributed by atoms with E-state index in [1.807, 2.05) is 24.5 Å². The molecule has 0 bridgehead atoms. The van der Waals surface area contributed by atoms with Gasteiger partial charge in [0.05, 0.1) is 6.42 Å². The third-order valence-corrected chi connectivity index (χ3v) is 4.34. The highest BCUT2D eigenvalue weighted by molar-refractivity contribution is 5.86. The Morgan fingerprint density at radius 3 is 2.07 bits per heavy atom. The number of aromatic nitrogens is 2. The van der Waals surface area contributed by atoms with Gasteiger partial charge in [-0.15, -0.1) is 37.2 Å². The third kappa shape index (κ3) is 7.77. The standard InChI is InChI=1S/C18H24N6O.3ClH/c19-23-17(25)11-15-4-1-14(2-5-15)3-6-16-12-21-18(22-13-16)24-9-7-20-8-10-24;;;/h1-2,4-5,12-13,20H,3,6-11,19H2,(H,23,25);3*1H. The highest BCUT2D eigenvalue weighted by atomic mass is 35.5. The summed E-state index contributed by atoms with van der Waals surface area (Å²) < 4.78 is 0. The molecule has 156 valence electrons. The van der Waals surface area contributed by atoms with Crippen LogP contribution >= 0.6 is 37.2 Å². The number of hydrazine groups is 1. The molecule has 0 spiro atoms. The van der Waals surface area contributed by atoms with Crippen molar-refractivity contribution < 1.29 is 4.79 Å². The lowest BCUT2D eigenvalue weighted by molar-refractivity contribution is -0.120. The largest absolute Gasteiger partial charge is 0.338 e. The molecule has 0 saturated carbocycles. The van der Waals surface area contributed by atoms with Gasteiger partial charge in [-0.1, -0.05) is 24.3 Å². The summed E-state index contributed by atoms with van der Waals surface area (Å²) in [5, 5.41) is 3.33. The maximum atomic E-state index is 11.3. The second-order valence-electron chi connectivity index (χ2n) is 6.19. The van der Waals surface area contributed by atoms with E-state index in [1.54, 1.807) is 0 Å². The quantitative estimate of drug-likeness (QED) is 0.351. The lowest BCUT2D eigenvalue weighted by Gasteiger charge is -2.27. The van der Waals surface area contributed by atoms with Gasteiger partial charge in [0.15, 0.2) is 0 Å². The van der Waals surface area contributed by atoms with Crippen molar-refractivity contribution in [2.75, 3.05) is 31.1 Å². The first kappa shape index (κ1) is 26.4. The molecule has 0 radical (unpaired) electrons. The molecule has 28 heavy (non-hydrogen) atoms. The van der Waals surface area contributed by atoms with Crippen LogP contribution in [0.4, 0.5) is 5.95 Å². The van der Waals surface area contributed by atoms with Gasteiger partial charge in [0.2, 0.25) is 11.9 Å². The fourth-order valence-corrected chi connectivity index (χ4v) is 2.85. The number of halogens is 3. The van der Waals surface area contributed by atoms with Gasteiger partial charge in [-0.2, -0.15) is 0 Å². The Morgan fingerprint density at radius 1 is 0.964 bits per heavy atom. The number of carbonyl (C=O) groups excluding carboxylic acids is 1. The van der Waals surface area contributed by atoms with Crippen LogP contribution in [0.15, 0.2) is 36.7 Å². The molecule has 3 rings (SSSR count). The first-order valence-electron chi connectivity index (χ1n) is 8.58. The van der Waals surface area contributed by atoms with Crippen molar-refractivity contribution in [3.8, 4) is 0 Å². The number of nitrogens with one attached hydrogen (secondary N) is 2. The molecule has 0 aliphatic carbocycles. The topological polar surface area (TPSA) is 96.2 Å². The first-order chi connectivity index (χ1) is 12.2. The van der Waals surface area contributed by atoms with Crippen LogP contribution in [0.1, 0.15) is 16.7 Å². The maximum absolute atomic E-state index is 11.3. The average molecular weight is 450 g/mol. The first-order valence-corrected chi connectivity index (χ1v) is 8.58. The number of hydrogen-bond donors (Lipinski definition) is 3. The summed E-state index contributed by atoms with van der Waals surface area (Å²) in [5.41, 5.74) is 5.45. The van der Waals surface area contributed by atoms with Crippen molar-refractivity contribution in [2.45, 2.75) is 19.3 Å². The molecule has 0 unspecified atom stereocenters. The molecule has 4 N–H and O–H groups in total. The number of aryl methyl sites for hydroxylation is 2. The van der Waals surface area contributed by atoms with Gasteiger partial charge < -0.3 is 10.2 Å². The summed E-state index contributed by atoms with van der Waals surface area (Å²) in [7, 11) is 0. The summed E-state index contributed by atoms with van der Waals surface area (Å²) in [4.78, 5) is 22.5. The molecule has 0 atom stereocenters. The Labute approximate surface area is 184 Å². The van der Waals surface area contributed by atoms with Crippen LogP contribution in [0.25, 0.3) is 0 Å². The summed E-state index contributed by atoms with van der Waals surface area (Å²) in [6, 6.07) is 8.04. The van der Waals surface area contributed by atoms with E-state index in [-0.39, 0.29) is 43.1 Å². The van der Waals surface area contributed by atoms with Crippen LogP contribution in [0.5, 0.6) is 0 Å². The minimum Gasteiger partial charge on any atom is -0.338 e. The molecule has 1 amide bonds. The second kappa shape index (κ2) is 13.5. The number of amides is 1. The number of nitrogens with two attached hydrogens (primary N) is 1. The van der Waals surface area contributed by atoms with Gasteiger partial charge in [-0.3, -0.25) is 10.2 Å². The number of piperazine rings is 1. The lowest BCUT2D eigenvalue weighted by atomic mass is 10.0. The molecular weight excluding hydrogens is 423 g/mol. The molecule has 10 heteroatoms. The minimum atomic E-state index is -0.186. The van der Waals surface area contributed by atoms with Crippen molar-refractivity contribution in [1.82, 2.24) is 20.7 Å². The van der Waals surface area contributed by atoms with Crippen LogP contribution in [0.2, 0.25) is 0 Å². The Balaban J connectivity index is 0.00000243. The molecule has 1 aliphatic heterocycles. The van der Waals surface area contributed by atoms with Crippen LogP contribution in [-0.2, 0) is 24.1 Å². The van der Waals surface area contributed by atoms with Crippen molar-refractivity contribution in [3.63, 3.8) is 0 Å². The molecule has 1 saturated heterocycles. The Hall–Kier alpha value is -1.64. The Bertz CT molecular complexity index is 693. The Kier molecular flexibility index (Phi) is 12.7. The molecule has 1 aliphatic rings. The highest BCUT2D eigenvalue weighted by Gasteiger charge is 2.12. The molecule has 1 aromatic heterocycles. The monoisotopic (exact) mass is 448 g/mol. The maximum Gasteiger partial charge on any atom is 0.238 e. The van der Waals surface area contributed by atoms with Crippen molar-refractivity contribution in [2.24, 2.45) is 5.84 Å². The number of nitrogens with zero attached hydrogens (tertiary/aromatic N) is 3. The van der Waals surface area contributed by atoms with Crippen molar-refractivity contribution in [3.05, 3.63) is 53.3 Å². The van der Waals surface area contributed by atoms with E-state index in [1.165, 1.54) is 5.56 Å². The SMILES string of the molecule is Cl.Cl.Cl.NNC(=O)Cc1ccc(CCc2cnc(N3CCNCC3)nc2)cc1. The van der Waals surface area contributed by atoms with Gasteiger partial charge in [-0.25, -0.2) is 15.8 Å². The predicted molar refractivity (Wildman–Crippen MR) is 119 cm³/mol. The second-order valence-corrected chi connectivity index (χ2v) is 6.19. The summed E-state index contributed by atoms with van der Waals surface area (Å²) in [5.74, 6) is 5.73. The van der Waals surface area contributed by atoms with E-state index >= 15 is 0 Å². The highest BCUT2D eigenvalue weighted by Crippen LogP contribution is 2.11. The van der Waals surface area contributed by atoms with Crippen molar-refractivity contribution >= 4 is 49.1 Å². The summed E-state index contributed by atoms with van der Waals surface area (Å²) in [6.07, 6.45) is 5.96. The van der Waals surface area contributed by atoms with E-state index < -0.39 is 0 Å². The number of anilines is 1. The fourth-order valence-electron chi connectivity index (χ4n) is 2.85. The minimum absolute atomic E-state index is 0. The van der Waals surface area contributed by atoms with Gasteiger partial charge in [0.1, 0.15) is 0 Å². The molecule has 2 heterocycles.